The van der Waals surface area contributed by atoms with Crippen LogP contribution in [-0.4, -0.2) is 22.4 Å². The Morgan fingerprint density at radius 1 is 0.903 bits per heavy atom. The molecule has 0 aliphatic carbocycles. The quantitative estimate of drug-likeness (QED) is 0.243. The molecule has 31 heavy (non-hydrogen) atoms. The first-order valence-corrected chi connectivity index (χ1v) is 9.20. The number of rotatable bonds is 6. The number of nitrogen functional groups attached to an aromatic ring is 1. The molecule has 0 aromatic heterocycles. The molecule has 9 nitrogen and oxygen atoms in total. The third kappa shape index (κ3) is 5.51. The Morgan fingerprint density at radius 2 is 1.58 bits per heavy atom. The zero-order chi connectivity index (χ0) is 22.4. The van der Waals surface area contributed by atoms with Crippen molar-refractivity contribution in [3.8, 4) is 0 Å². The normalized spacial score (nSPS) is 10.9. The van der Waals surface area contributed by atoms with Crippen LogP contribution in [0.15, 0.2) is 77.9 Å². The van der Waals surface area contributed by atoms with E-state index < -0.39 is 10.8 Å². The number of hydrogen-bond acceptors (Lipinski definition) is 6. The van der Waals surface area contributed by atoms with E-state index in [4.69, 9.17) is 5.73 Å². The van der Waals surface area contributed by atoms with Crippen LogP contribution in [0.1, 0.15) is 33.2 Å². The van der Waals surface area contributed by atoms with Crippen LogP contribution in [0.2, 0.25) is 0 Å². The largest absolute Gasteiger partial charge is 0.399 e. The van der Waals surface area contributed by atoms with Crippen LogP contribution < -0.4 is 16.5 Å². The highest BCUT2D eigenvalue weighted by Gasteiger charge is 2.13. The van der Waals surface area contributed by atoms with Gasteiger partial charge in [-0.1, -0.05) is 30.3 Å². The lowest BCUT2D eigenvalue weighted by Crippen LogP contribution is -2.19. The van der Waals surface area contributed by atoms with Gasteiger partial charge in [0.15, 0.2) is 0 Å². The van der Waals surface area contributed by atoms with Gasteiger partial charge in [-0.15, -0.1) is 0 Å². The lowest BCUT2D eigenvalue weighted by molar-refractivity contribution is -0.384. The van der Waals surface area contributed by atoms with Crippen LogP contribution in [0.4, 0.5) is 17.1 Å². The highest BCUT2D eigenvalue weighted by Crippen LogP contribution is 2.18. The molecule has 0 radical (unpaired) electrons. The Bertz CT molecular complexity index is 1160. The number of carbonyl (C=O) groups is 2. The molecular formula is C22H19N5O4. The lowest BCUT2D eigenvalue weighted by atomic mass is 10.1. The third-order valence-corrected chi connectivity index (χ3v) is 4.33. The maximum atomic E-state index is 12.3. The van der Waals surface area contributed by atoms with E-state index in [-0.39, 0.29) is 22.8 Å². The van der Waals surface area contributed by atoms with Gasteiger partial charge >= 0.3 is 0 Å². The minimum Gasteiger partial charge on any atom is -0.399 e. The van der Waals surface area contributed by atoms with Gasteiger partial charge in [0.2, 0.25) is 0 Å². The van der Waals surface area contributed by atoms with Crippen LogP contribution in [0.3, 0.4) is 0 Å². The molecule has 3 aromatic rings. The molecule has 3 aromatic carbocycles. The van der Waals surface area contributed by atoms with Gasteiger partial charge < -0.3 is 11.1 Å². The van der Waals surface area contributed by atoms with Crippen molar-refractivity contribution in [1.82, 2.24) is 5.43 Å². The molecule has 0 saturated heterocycles. The lowest BCUT2D eigenvalue weighted by Gasteiger charge is -2.07. The number of non-ortho nitro benzene ring substituents is 1. The van der Waals surface area contributed by atoms with Gasteiger partial charge in [-0.25, -0.2) is 5.43 Å². The number of anilines is 2. The van der Waals surface area contributed by atoms with E-state index in [1.54, 1.807) is 55.5 Å². The summed E-state index contributed by atoms with van der Waals surface area (Å²) in [6.45, 7) is 1.69. The van der Waals surface area contributed by atoms with Crippen molar-refractivity contribution in [3.63, 3.8) is 0 Å². The van der Waals surface area contributed by atoms with Gasteiger partial charge in [0.05, 0.1) is 16.2 Å². The summed E-state index contributed by atoms with van der Waals surface area (Å²) in [5.74, 6) is -0.844. The Kier molecular flexibility index (Phi) is 6.36. The Hall–Kier alpha value is -4.53. The minimum atomic E-state index is -0.625. The van der Waals surface area contributed by atoms with Gasteiger partial charge in [0.1, 0.15) is 0 Å². The molecule has 0 bridgehead atoms. The molecule has 0 aliphatic rings. The number of nitrogens with one attached hydrogen (secondary N) is 2. The molecule has 0 saturated carbocycles. The molecule has 0 atom stereocenters. The summed E-state index contributed by atoms with van der Waals surface area (Å²) in [5, 5.41) is 17.8. The third-order valence-electron chi connectivity index (χ3n) is 4.33. The first-order chi connectivity index (χ1) is 14.8. The maximum absolute atomic E-state index is 12.3. The summed E-state index contributed by atoms with van der Waals surface area (Å²) in [6.07, 6.45) is 0. The molecule has 4 N–H and O–H groups in total. The van der Waals surface area contributed by atoms with Crippen molar-refractivity contribution in [2.75, 3.05) is 11.1 Å². The van der Waals surface area contributed by atoms with Crippen molar-refractivity contribution in [3.05, 3.63) is 99.6 Å². The standard InChI is InChI=1S/C22H19N5O4/c1-14(25-26-22(29)17-11-18(23)13-20(12-17)27(30)31)15-7-9-19(10-8-15)24-21(28)16-5-3-2-4-6-16/h2-13H,23H2,1H3,(H,24,28)(H,26,29)/b25-14+. The van der Waals surface area contributed by atoms with E-state index in [2.05, 4.69) is 15.8 Å². The molecule has 156 valence electrons. The van der Waals surface area contributed by atoms with E-state index in [0.29, 0.717) is 17.0 Å². The topological polar surface area (TPSA) is 140 Å². The van der Waals surface area contributed by atoms with Crippen LogP contribution in [-0.2, 0) is 0 Å². The fourth-order valence-electron chi connectivity index (χ4n) is 2.72. The van der Waals surface area contributed by atoms with Crippen LogP contribution >= 0.6 is 0 Å². The van der Waals surface area contributed by atoms with Gasteiger partial charge in [-0.05, 0) is 42.8 Å². The number of amides is 2. The second-order valence-corrected chi connectivity index (χ2v) is 6.61. The molecule has 0 heterocycles. The first-order valence-electron chi connectivity index (χ1n) is 9.20. The zero-order valence-corrected chi connectivity index (χ0v) is 16.5. The second kappa shape index (κ2) is 9.31. The molecule has 0 spiro atoms. The zero-order valence-electron chi connectivity index (χ0n) is 16.5. The maximum Gasteiger partial charge on any atom is 0.272 e. The van der Waals surface area contributed by atoms with Crippen molar-refractivity contribution < 1.29 is 14.5 Å². The van der Waals surface area contributed by atoms with Crippen molar-refractivity contribution in [1.29, 1.82) is 0 Å². The summed E-state index contributed by atoms with van der Waals surface area (Å²) in [6, 6.07) is 19.4. The number of carbonyl (C=O) groups excluding carboxylic acids is 2. The molecule has 3 rings (SSSR count). The van der Waals surface area contributed by atoms with Crippen LogP contribution in [0.25, 0.3) is 0 Å². The molecular weight excluding hydrogens is 398 g/mol. The average Bonchev–Trinajstić information content (AvgIpc) is 2.77. The predicted octanol–water partition coefficient (Wildman–Crippen LogP) is 3.58. The summed E-state index contributed by atoms with van der Waals surface area (Å²) in [5.41, 5.74) is 10.2. The van der Waals surface area contributed by atoms with Gasteiger partial charge in [-0.2, -0.15) is 5.10 Å². The number of hydrogen-bond donors (Lipinski definition) is 3. The monoisotopic (exact) mass is 417 g/mol. The molecule has 0 aliphatic heterocycles. The highest BCUT2D eigenvalue weighted by molar-refractivity contribution is 6.05. The van der Waals surface area contributed by atoms with E-state index in [1.807, 2.05) is 6.07 Å². The molecule has 9 heteroatoms. The number of nitrogens with two attached hydrogens (primary N) is 1. The Labute approximate surface area is 177 Å². The summed E-state index contributed by atoms with van der Waals surface area (Å²) >= 11 is 0. The molecule has 0 fully saturated rings. The van der Waals surface area contributed by atoms with Crippen molar-refractivity contribution in [2.24, 2.45) is 5.10 Å². The summed E-state index contributed by atoms with van der Waals surface area (Å²) in [4.78, 5) is 34.8. The highest BCUT2D eigenvalue weighted by atomic mass is 16.6. The molecule has 0 unspecified atom stereocenters. The van der Waals surface area contributed by atoms with Crippen LogP contribution in [0.5, 0.6) is 0 Å². The SMILES string of the molecule is C/C(=N\NC(=O)c1cc(N)cc([N+](=O)[O-])c1)c1ccc(NC(=O)c2ccccc2)cc1. The Balaban J connectivity index is 1.66. The Morgan fingerprint density at radius 3 is 2.23 bits per heavy atom. The average molecular weight is 417 g/mol. The van der Waals surface area contributed by atoms with Gasteiger partial charge in [-0.3, -0.25) is 19.7 Å². The van der Waals surface area contributed by atoms with E-state index in [9.17, 15) is 19.7 Å². The predicted molar refractivity (Wildman–Crippen MR) is 118 cm³/mol. The van der Waals surface area contributed by atoms with E-state index in [0.717, 1.165) is 11.6 Å². The van der Waals surface area contributed by atoms with E-state index in [1.165, 1.54) is 12.1 Å². The smallest absolute Gasteiger partial charge is 0.272 e. The fourth-order valence-corrected chi connectivity index (χ4v) is 2.72. The number of nitro benzene ring substituents is 1. The number of nitro groups is 1. The second-order valence-electron chi connectivity index (χ2n) is 6.61. The van der Waals surface area contributed by atoms with Crippen molar-refractivity contribution >= 4 is 34.6 Å². The number of hydrazone groups is 1. The molecule has 2 amide bonds. The summed E-state index contributed by atoms with van der Waals surface area (Å²) < 4.78 is 0. The first kappa shape index (κ1) is 21.2. The minimum absolute atomic E-state index is 0.0298. The summed E-state index contributed by atoms with van der Waals surface area (Å²) in [7, 11) is 0. The number of benzene rings is 3. The van der Waals surface area contributed by atoms with Crippen molar-refractivity contribution in [2.45, 2.75) is 6.92 Å². The van der Waals surface area contributed by atoms with Crippen LogP contribution in [0, 0.1) is 10.1 Å². The van der Waals surface area contributed by atoms with E-state index >= 15 is 0 Å². The fraction of sp³-hybridized carbons (Fsp3) is 0.0455. The van der Waals surface area contributed by atoms with Gasteiger partial charge in [0, 0.05) is 29.1 Å². The number of nitrogens with zero attached hydrogens (tertiary/aromatic N) is 2. The van der Waals surface area contributed by atoms with Gasteiger partial charge in [0.25, 0.3) is 17.5 Å².